The van der Waals surface area contributed by atoms with Crippen LogP contribution in [0.5, 0.6) is 0 Å². The van der Waals surface area contributed by atoms with Gasteiger partial charge in [0, 0.05) is 5.57 Å². The van der Waals surface area contributed by atoms with Gasteiger partial charge in [-0.15, -0.1) is 6.26 Å². The summed E-state index contributed by atoms with van der Waals surface area (Å²) >= 11 is 0. The summed E-state index contributed by atoms with van der Waals surface area (Å²) < 4.78 is 12.4. The molecule has 0 fully saturated rings. The van der Waals surface area contributed by atoms with Crippen LogP contribution in [0, 0.1) is 17.1 Å². The van der Waals surface area contributed by atoms with Crippen molar-refractivity contribution in [1.29, 1.82) is 5.26 Å². The SMILES string of the molecule is N#C/C(=C\[O-])c1ccc(F)cc1.[Na+]. The second-order valence-corrected chi connectivity index (χ2v) is 2.15. The molecule has 0 N–H and O–H groups in total. The fraction of sp³-hybridized carbons (Fsp3) is 0. The Morgan fingerprint density at radius 2 is 1.92 bits per heavy atom. The van der Waals surface area contributed by atoms with Crippen LogP contribution in [-0.2, 0) is 0 Å². The Bertz CT molecular complexity index is 340. The van der Waals surface area contributed by atoms with Crippen molar-refractivity contribution in [1.82, 2.24) is 0 Å². The predicted octanol–water partition coefficient (Wildman–Crippen LogP) is -1.95. The molecule has 0 saturated heterocycles. The Hall–Kier alpha value is -0.820. The van der Waals surface area contributed by atoms with Crippen molar-refractivity contribution in [2.75, 3.05) is 0 Å². The normalized spacial score (nSPS) is 10.0. The van der Waals surface area contributed by atoms with Crippen molar-refractivity contribution in [3.05, 3.63) is 41.9 Å². The van der Waals surface area contributed by atoms with Crippen molar-refractivity contribution >= 4 is 5.57 Å². The Labute approximate surface area is 97.6 Å². The largest absolute Gasteiger partial charge is 1.00 e. The number of benzene rings is 1. The molecule has 0 aromatic heterocycles. The van der Waals surface area contributed by atoms with Gasteiger partial charge in [-0.25, -0.2) is 4.39 Å². The van der Waals surface area contributed by atoms with Crippen LogP contribution in [0.2, 0.25) is 0 Å². The zero-order valence-corrected chi connectivity index (χ0v) is 9.12. The van der Waals surface area contributed by atoms with E-state index in [1.807, 2.05) is 0 Å². The maximum atomic E-state index is 12.4. The molecule has 0 heterocycles. The first-order valence-corrected chi connectivity index (χ1v) is 3.26. The average Bonchev–Trinajstić information content (AvgIpc) is 2.10. The first-order chi connectivity index (χ1) is 5.77. The van der Waals surface area contributed by atoms with Gasteiger partial charge in [0.25, 0.3) is 0 Å². The summed E-state index contributed by atoms with van der Waals surface area (Å²) in [5, 5.41) is 18.7. The molecule has 0 bridgehead atoms. The van der Waals surface area contributed by atoms with Crippen LogP contribution in [0.15, 0.2) is 30.5 Å². The second kappa shape index (κ2) is 5.76. The van der Waals surface area contributed by atoms with Crippen molar-refractivity contribution in [3.63, 3.8) is 0 Å². The number of nitriles is 1. The molecule has 0 unspecified atom stereocenters. The second-order valence-electron chi connectivity index (χ2n) is 2.15. The van der Waals surface area contributed by atoms with Crippen LogP contribution in [0.25, 0.3) is 5.57 Å². The van der Waals surface area contributed by atoms with Gasteiger partial charge in [0.2, 0.25) is 0 Å². The molecule has 0 radical (unpaired) electrons. The van der Waals surface area contributed by atoms with Gasteiger partial charge >= 0.3 is 29.6 Å². The first kappa shape index (κ1) is 12.2. The van der Waals surface area contributed by atoms with E-state index in [-0.39, 0.29) is 40.9 Å². The molecule has 13 heavy (non-hydrogen) atoms. The van der Waals surface area contributed by atoms with Gasteiger partial charge in [0.1, 0.15) is 5.82 Å². The number of nitrogens with zero attached hydrogens (tertiary/aromatic N) is 1. The molecule has 0 spiro atoms. The van der Waals surface area contributed by atoms with E-state index in [9.17, 15) is 9.50 Å². The molecular weight excluding hydrogens is 180 g/mol. The third kappa shape index (κ3) is 3.19. The quantitative estimate of drug-likeness (QED) is 0.290. The van der Waals surface area contributed by atoms with E-state index in [0.717, 1.165) is 0 Å². The number of hydrogen-bond acceptors (Lipinski definition) is 2. The summed E-state index contributed by atoms with van der Waals surface area (Å²) in [6.45, 7) is 0. The standard InChI is InChI=1S/C9H6FNO.Na/c10-9-3-1-7(2-4-9)8(5-11)6-12;/h1-4,6,12H;/q;+1/p-1/b8-6+;. The van der Waals surface area contributed by atoms with Gasteiger partial charge in [-0.05, 0) is 17.7 Å². The van der Waals surface area contributed by atoms with E-state index in [1.54, 1.807) is 6.07 Å². The van der Waals surface area contributed by atoms with Crippen LogP contribution in [-0.4, -0.2) is 0 Å². The van der Waals surface area contributed by atoms with Crippen LogP contribution in [0.1, 0.15) is 5.56 Å². The third-order valence-electron chi connectivity index (χ3n) is 1.39. The van der Waals surface area contributed by atoms with Crippen LogP contribution >= 0.6 is 0 Å². The summed E-state index contributed by atoms with van der Waals surface area (Å²) in [4.78, 5) is 0. The van der Waals surface area contributed by atoms with Crippen molar-refractivity contribution in [3.8, 4) is 6.07 Å². The maximum absolute atomic E-state index is 12.4. The summed E-state index contributed by atoms with van der Waals surface area (Å²) in [6.07, 6.45) is 0.452. The molecule has 0 aliphatic heterocycles. The molecule has 4 heteroatoms. The van der Waals surface area contributed by atoms with Crippen LogP contribution < -0.4 is 34.7 Å². The van der Waals surface area contributed by atoms with Gasteiger partial charge in [-0.2, -0.15) is 5.26 Å². The Morgan fingerprint density at radius 1 is 1.38 bits per heavy atom. The van der Waals surface area contributed by atoms with E-state index in [4.69, 9.17) is 5.26 Å². The molecule has 2 nitrogen and oxygen atoms in total. The van der Waals surface area contributed by atoms with E-state index in [0.29, 0.717) is 11.8 Å². The topological polar surface area (TPSA) is 46.8 Å². The smallest absolute Gasteiger partial charge is 0.877 e. The van der Waals surface area contributed by atoms with Gasteiger partial charge in [-0.3, -0.25) is 0 Å². The summed E-state index contributed by atoms with van der Waals surface area (Å²) in [7, 11) is 0. The summed E-state index contributed by atoms with van der Waals surface area (Å²) in [5.74, 6) is -0.387. The Balaban J connectivity index is 0.00000144. The zero-order valence-electron chi connectivity index (χ0n) is 7.12. The summed E-state index contributed by atoms with van der Waals surface area (Å²) in [5.41, 5.74) is 0.448. The summed E-state index contributed by atoms with van der Waals surface area (Å²) in [6, 6.07) is 6.91. The number of hydrogen-bond donors (Lipinski definition) is 0. The van der Waals surface area contributed by atoms with E-state index < -0.39 is 0 Å². The minimum atomic E-state index is -0.387. The zero-order chi connectivity index (χ0) is 8.97. The van der Waals surface area contributed by atoms with Crippen LogP contribution in [0.3, 0.4) is 0 Å². The molecule has 0 amide bonds. The Morgan fingerprint density at radius 3 is 2.31 bits per heavy atom. The molecule has 1 rings (SSSR count). The Kier molecular flexibility index (Phi) is 5.40. The molecule has 0 saturated carbocycles. The van der Waals surface area contributed by atoms with E-state index >= 15 is 0 Å². The molecule has 0 aliphatic rings. The van der Waals surface area contributed by atoms with Gasteiger partial charge in [0.05, 0.1) is 6.07 Å². The molecule has 1 aromatic carbocycles. The number of allylic oxidation sites excluding steroid dienone is 1. The predicted molar refractivity (Wildman–Crippen MR) is 40.0 cm³/mol. The molecule has 0 aliphatic carbocycles. The monoisotopic (exact) mass is 185 g/mol. The number of halogens is 1. The average molecular weight is 185 g/mol. The fourth-order valence-electron chi connectivity index (χ4n) is 0.788. The molecule has 0 atom stereocenters. The van der Waals surface area contributed by atoms with Crippen molar-refractivity contribution < 1.29 is 39.1 Å². The molecule has 60 valence electrons. The maximum Gasteiger partial charge on any atom is 1.00 e. The van der Waals surface area contributed by atoms with Crippen molar-refractivity contribution in [2.45, 2.75) is 0 Å². The fourth-order valence-corrected chi connectivity index (χ4v) is 0.788. The van der Waals surface area contributed by atoms with Crippen molar-refractivity contribution in [2.24, 2.45) is 0 Å². The molecule has 1 aromatic rings. The first-order valence-electron chi connectivity index (χ1n) is 3.26. The van der Waals surface area contributed by atoms with Gasteiger partial charge in [-0.1, -0.05) is 12.1 Å². The van der Waals surface area contributed by atoms with E-state index in [1.165, 1.54) is 24.3 Å². The minimum Gasteiger partial charge on any atom is -0.877 e. The van der Waals surface area contributed by atoms with Gasteiger partial charge in [0.15, 0.2) is 0 Å². The van der Waals surface area contributed by atoms with Crippen LogP contribution in [0.4, 0.5) is 4.39 Å². The molecular formula is C9H5FNNaO. The van der Waals surface area contributed by atoms with Gasteiger partial charge < -0.3 is 5.11 Å². The third-order valence-corrected chi connectivity index (χ3v) is 1.39. The minimum absolute atomic E-state index is 0. The van der Waals surface area contributed by atoms with E-state index in [2.05, 4.69) is 0 Å². The number of rotatable bonds is 1.